The number of benzene rings is 2. The van der Waals surface area contributed by atoms with E-state index in [-0.39, 0.29) is 17.7 Å². The molecule has 0 bridgehead atoms. The summed E-state index contributed by atoms with van der Waals surface area (Å²) in [5.41, 5.74) is 1.59. The third-order valence-electron chi connectivity index (χ3n) is 3.94. The number of methoxy groups -OCH3 is 1. The van der Waals surface area contributed by atoms with Gasteiger partial charge in [-0.2, -0.15) is 0 Å². The van der Waals surface area contributed by atoms with Gasteiger partial charge in [-0.3, -0.25) is 14.5 Å². The Morgan fingerprint density at radius 1 is 1.11 bits per heavy atom. The lowest BCUT2D eigenvalue weighted by Crippen LogP contribution is -2.31. The van der Waals surface area contributed by atoms with Crippen LogP contribution in [0.1, 0.15) is 11.1 Å². The van der Waals surface area contributed by atoms with E-state index in [1.54, 1.807) is 6.08 Å². The van der Waals surface area contributed by atoms with E-state index in [9.17, 15) is 9.59 Å². The molecule has 7 heteroatoms. The van der Waals surface area contributed by atoms with Gasteiger partial charge in [-0.05, 0) is 30.0 Å². The highest BCUT2D eigenvalue weighted by Gasteiger charge is 2.34. The molecule has 2 amide bonds. The summed E-state index contributed by atoms with van der Waals surface area (Å²) in [7, 11) is 1.53. The Morgan fingerprint density at radius 3 is 2.63 bits per heavy atom. The number of carbonyl (C=O) groups excluding carboxylic acids is 2. The average molecular weight is 404 g/mol. The number of thioether (sulfide) groups is 1. The molecule has 0 unspecified atom stereocenters. The highest BCUT2D eigenvalue weighted by molar-refractivity contribution is 8.18. The number of amides is 2. The summed E-state index contributed by atoms with van der Waals surface area (Å²) in [5, 5.41) is 0.340. The van der Waals surface area contributed by atoms with Crippen molar-refractivity contribution in [2.45, 2.75) is 6.61 Å². The molecule has 0 radical (unpaired) electrons. The van der Waals surface area contributed by atoms with E-state index in [0.29, 0.717) is 28.9 Å². The molecule has 1 saturated heterocycles. The first-order valence-electron chi connectivity index (χ1n) is 8.29. The molecule has 1 fully saturated rings. The van der Waals surface area contributed by atoms with Crippen LogP contribution < -0.4 is 4.74 Å². The largest absolute Gasteiger partial charge is 0.488 e. The molecule has 3 rings (SSSR count). The van der Waals surface area contributed by atoms with Crippen molar-refractivity contribution in [3.8, 4) is 5.75 Å². The number of rotatable bonds is 7. The number of imide groups is 1. The van der Waals surface area contributed by atoms with Gasteiger partial charge in [0.2, 0.25) is 0 Å². The Balaban J connectivity index is 1.78. The van der Waals surface area contributed by atoms with E-state index in [4.69, 9.17) is 21.1 Å². The normalized spacial score (nSPS) is 15.6. The maximum atomic E-state index is 12.5. The molecule has 5 nitrogen and oxygen atoms in total. The fourth-order valence-electron chi connectivity index (χ4n) is 2.52. The smallest absolute Gasteiger partial charge is 0.293 e. The molecule has 27 heavy (non-hydrogen) atoms. The van der Waals surface area contributed by atoms with Crippen LogP contribution in [0.5, 0.6) is 5.75 Å². The fourth-order valence-corrected chi connectivity index (χ4v) is 3.56. The predicted molar refractivity (Wildman–Crippen MR) is 107 cm³/mol. The summed E-state index contributed by atoms with van der Waals surface area (Å²) in [6, 6.07) is 14.8. The summed E-state index contributed by atoms with van der Waals surface area (Å²) >= 11 is 7.09. The minimum Gasteiger partial charge on any atom is -0.488 e. The second-order valence-electron chi connectivity index (χ2n) is 5.74. The molecule has 0 aromatic heterocycles. The topological polar surface area (TPSA) is 55.8 Å². The molecule has 0 N–H and O–H groups in total. The van der Waals surface area contributed by atoms with E-state index < -0.39 is 0 Å². The Hall–Kier alpha value is -2.28. The van der Waals surface area contributed by atoms with Crippen LogP contribution in [0.25, 0.3) is 6.08 Å². The molecule has 0 atom stereocenters. The zero-order valence-electron chi connectivity index (χ0n) is 14.7. The van der Waals surface area contributed by atoms with Crippen LogP contribution in [0, 0.1) is 0 Å². The maximum absolute atomic E-state index is 12.5. The predicted octanol–water partition coefficient (Wildman–Crippen LogP) is 4.60. The van der Waals surface area contributed by atoms with Gasteiger partial charge >= 0.3 is 0 Å². The Kier molecular flexibility index (Phi) is 6.55. The van der Waals surface area contributed by atoms with Crippen LogP contribution in [-0.4, -0.2) is 36.3 Å². The van der Waals surface area contributed by atoms with E-state index in [0.717, 1.165) is 22.9 Å². The van der Waals surface area contributed by atoms with Gasteiger partial charge in [0.25, 0.3) is 11.1 Å². The van der Waals surface area contributed by atoms with Crippen molar-refractivity contribution in [1.82, 2.24) is 4.90 Å². The second kappa shape index (κ2) is 9.08. The number of hydrogen-bond acceptors (Lipinski definition) is 5. The van der Waals surface area contributed by atoms with Crippen molar-refractivity contribution in [2.75, 3.05) is 20.3 Å². The SMILES string of the molecule is COCCN1C(=O)SC(=Cc2ccccc2OCc2ccccc2Cl)C1=O. The van der Waals surface area contributed by atoms with Crippen LogP contribution in [0.2, 0.25) is 5.02 Å². The maximum Gasteiger partial charge on any atom is 0.293 e. The van der Waals surface area contributed by atoms with E-state index >= 15 is 0 Å². The standard InChI is InChI=1S/C20H18ClNO4S/c1-25-11-10-22-19(23)18(27-20(22)24)12-14-6-3-5-9-17(14)26-13-15-7-2-4-8-16(15)21/h2-9,12H,10-11,13H2,1H3. The second-order valence-corrected chi connectivity index (χ2v) is 7.14. The fraction of sp³-hybridized carbons (Fsp3) is 0.200. The lowest BCUT2D eigenvalue weighted by Gasteiger charge is -2.11. The first kappa shape index (κ1) is 19.5. The van der Waals surface area contributed by atoms with E-state index in [1.165, 1.54) is 12.0 Å². The monoisotopic (exact) mass is 403 g/mol. The summed E-state index contributed by atoms with van der Waals surface area (Å²) in [5.74, 6) is 0.295. The molecule has 0 aliphatic carbocycles. The molecule has 0 spiro atoms. The van der Waals surface area contributed by atoms with Gasteiger partial charge in [-0.25, -0.2) is 0 Å². The van der Waals surface area contributed by atoms with Gasteiger partial charge in [-0.1, -0.05) is 48.0 Å². The Labute approximate surface area is 166 Å². The average Bonchev–Trinajstić information content (AvgIpc) is 2.93. The number of ether oxygens (including phenoxy) is 2. The number of para-hydroxylation sites is 1. The highest BCUT2D eigenvalue weighted by atomic mass is 35.5. The molecular weight excluding hydrogens is 386 g/mol. The zero-order valence-corrected chi connectivity index (χ0v) is 16.3. The van der Waals surface area contributed by atoms with Crippen molar-refractivity contribution in [1.29, 1.82) is 0 Å². The quantitative estimate of drug-likeness (QED) is 0.632. The van der Waals surface area contributed by atoms with Crippen LogP contribution in [0.3, 0.4) is 0 Å². The molecule has 0 saturated carbocycles. The van der Waals surface area contributed by atoms with Gasteiger partial charge < -0.3 is 9.47 Å². The molecule has 1 aliphatic rings. The third-order valence-corrected chi connectivity index (χ3v) is 5.22. The Morgan fingerprint density at radius 2 is 1.85 bits per heavy atom. The zero-order chi connectivity index (χ0) is 19.2. The highest BCUT2D eigenvalue weighted by Crippen LogP contribution is 2.34. The van der Waals surface area contributed by atoms with Gasteiger partial charge in [0, 0.05) is 23.3 Å². The third kappa shape index (κ3) is 4.71. The van der Waals surface area contributed by atoms with Crippen LogP contribution >= 0.6 is 23.4 Å². The first-order chi connectivity index (χ1) is 13.1. The minimum absolute atomic E-state index is 0.239. The minimum atomic E-state index is -0.317. The summed E-state index contributed by atoms with van der Waals surface area (Å²) < 4.78 is 10.9. The molecular formula is C20H18ClNO4S. The van der Waals surface area contributed by atoms with Gasteiger partial charge in [0.05, 0.1) is 18.1 Å². The number of carbonyl (C=O) groups is 2. The van der Waals surface area contributed by atoms with Crippen molar-refractivity contribution < 1.29 is 19.1 Å². The molecule has 2 aromatic rings. The van der Waals surface area contributed by atoms with Gasteiger partial charge in [0.1, 0.15) is 12.4 Å². The van der Waals surface area contributed by atoms with Gasteiger partial charge in [0.15, 0.2) is 0 Å². The van der Waals surface area contributed by atoms with Gasteiger partial charge in [-0.15, -0.1) is 0 Å². The van der Waals surface area contributed by atoms with Crippen LogP contribution in [-0.2, 0) is 16.1 Å². The molecule has 1 aliphatic heterocycles. The van der Waals surface area contributed by atoms with E-state index in [1.807, 2.05) is 48.5 Å². The summed E-state index contributed by atoms with van der Waals surface area (Å²) in [4.78, 5) is 26.1. The van der Waals surface area contributed by atoms with Crippen LogP contribution in [0.15, 0.2) is 53.4 Å². The van der Waals surface area contributed by atoms with Crippen molar-refractivity contribution in [2.24, 2.45) is 0 Å². The van der Waals surface area contributed by atoms with Crippen LogP contribution in [0.4, 0.5) is 4.79 Å². The molecule has 2 aromatic carbocycles. The summed E-state index contributed by atoms with van der Waals surface area (Å²) in [6.45, 7) is 0.853. The molecule has 1 heterocycles. The lowest BCUT2D eigenvalue weighted by molar-refractivity contribution is -0.123. The summed E-state index contributed by atoms with van der Waals surface area (Å²) in [6.07, 6.45) is 1.68. The first-order valence-corrected chi connectivity index (χ1v) is 9.49. The number of nitrogens with zero attached hydrogens (tertiary/aromatic N) is 1. The van der Waals surface area contributed by atoms with Crippen molar-refractivity contribution in [3.05, 3.63) is 69.6 Å². The van der Waals surface area contributed by atoms with Crippen molar-refractivity contribution >= 4 is 40.6 Å². The molecule has 140 valence electrons. The van der Waals surface area contributed by atoms with E-state index in [2.05, 4.69) is 0 Å². The van der Waals surface area contributed by atoms with Crippen molar-refractivity contribution in [3.63, 3.8) is 0 Å². The lowest BCUT2D eigenvalue weighted by atomic mass is 10.1. The number of halogens is 1. The number of hydrogen-bond donors (Lipinski definition) is 0. The Bertz CT molecular complexity index is 884.